The monoisotopic (exact) mass is 261 g/mol. The number of nitrogens with one attached hydrogen (secondary N) is 1. The van der Waals surface area contributed by atoms with E-state index in [0.717, 1.165) is 12.8 Å². The molecular formula is C15H19NO3. The molecule has 2 rings (SSSR count). The molecule has 0 saturated heterocycles. The van der Waals surface area contributed by atoms with Crippen LogP contribution in [0.5, 0.6) is 0 Å². The van der Waals surface area contributed by atoms with E-state index in [2.05, 4.69) is 5.32 Å². The highest BCUT2D eigenvalue weighted by Crippen LogP contribution is 2.38. The van der Waals surface area contributed by atoms with Crippen LogP contribution in [-0.4, -0.2) is 23.0 Å². The summed E-state index contributed by atoms with van der Waals surface area (Å²) in [6, 6.07) is 10.1. The maximum Gasteiger partial charge on any atom is 0.307 e. The van der Waals surface area contributed by atoms with Crippen LogP contribution in [0.15, 0.2) is 30.3 Å². The van der Waals surface area contributed by atoms with Gasteiger partial charge in [0.2, 0.25) is 5.91 Å². The average molecular weight is 261 g/mol. The zero-order chi connectivity index (χ0) is 13.8. The number of rotatable bonds is 6. The highest BCUT2D eigenvalue weighted by atomic mass is 16.4. The maximum atomic E-state index is 11.9. The molecule has 3 atom stereocenters. The van der Waals surface area contributed by atoms with Gasteiger partial charge in [-0.2, -0.15) is 0 Å². The minimum absolute atomic E-state index is 0.0740. The summed E-state index contributed by atoms with van der Waals surface area (Å²) in [5, 5.41) is 11.8. The summed E-state index contributed by atoms with van der Waals surface area (Å²) >= 11 is 0. The Balaban J connectivity index is 1.86. The van der Waals surface area contributed by atoms with Gasteiger partial charge in [-0.15, -0.1) is 0 Å². The molecular weight excluding hydrogens is 242 g/mol. The summed E-state index contributed by atoms with van der Waals surface area (Å²) in [7, 11) is 0. The fourth-order valence-corrected chi connectivity index (χ4v) is 2.26. The summed E-state index contributed by atoms with van der Waals surface area (Å²) in [5.41, 5.74) is 1.18. The molecule has 19 heavy (non-hydrogen) atoms. The fourth-order valence-electron chi connectivity index (χ4n) is 2.26. The number of carboxylic acids is 1. The second kappa shape index (κ2) is 5.87. The van der Waals surface area contributed by atoms with E-state index in [1.165, 1.54) is 5.56 Å². The largest absolute Gasteiger partial charge is 0.481 e. The van der Waals surface area contributed by atoms with Crippen LogP contribution in [-0.2, 0) is 16.0 Å². The molecule has 0 aliphatic heterocycles. The SMILES string of the molecule is CCC(Cc1ccccc1)NC(=O)C1CC1C(=O)O. The van der Waals surface area contributed by atoms with Crippen LogP contribution in [0.1, 0.15) is 25.3 Å². The predicted octanol–water partition coefficient (Wildman–Crippen LogP) is 1.84. The topological polar surface area (TPSA) is 66.4 Å². The molecule has 1 aliphatic carbocycles. The van der Waals surface area contributed by atoms with E-state index in [-0.39, 0.29) is 17.9 Å². The fraction of sp³-hybridized carbons (Fsp3) is 0.467. The van der Waals surface area contributed by atoms with Crippen LogP contribution in [0.4, 0.5) is 0 Å². The van der Waals surface area contributed by atoms with Crippen molar-refractivity contribution in [2.75, 3.05) is 0 Å². The Bertz CT molecular complexity index is 458. The van der Waals surface area contributed by atoms with Gasteiger partial charge in [0.25, 0.3) is 0 Å². The molecule has 0 heterocycles. The summed E-state index contributed by atoms with van der Waals surface area (Å²) in [4.78, 5) is 22.6. The minimum Gasteiger partial charge on any atom is -0.481 e. The van der Waals surface area contributed by atoms with Crippen molar-refractivity contribution >= 4 is 11.9 Å². The number of hydrogen-bond donors (Lipinski definition) is 2. The van der Waals surface area contributed by atoms with Crippen molar-refractivity contribution in [3.8, 4) is 0 Å². The zero-order valence-electron chi connectivity index (χ0n) is 11.0. The smallest absolute Gasteiger partial charge is 0.307 e. The molecule has 1 aliphatic rings. The van der Waals surface area contributed by atoms with Gasteiger partial charge in [-0.25, -0.2) is 0 Å². The molecule has 102 valence electrons. The average Bonchev–Trinajstić information content (AvgIpc) is 3.19. The molecule has 4 nitrogen and oxygen atoms in total. The first-order valence-electron chi connectivity index (χ1n) is 6.69. The molecule has 0 bridgehead atoms. The van der Waals surface area contributed by atoms with E-state index in [9.17, 15) is 9.59 Å². The van der Waals surface area contributed by atoms with Gasteiger partial charge < -0.3 is 10.4 Å². The van der Waals surface area contributed by atoms with Crippen molar-refractivity contribution in [1.82, 2.24) is 5.32 Å². The summed E-state index contributed by atoms with van der Waals surface area (Å²) in [6.45, 7) is 2.02. The van der Waals surface area contributed by atoms with Gasteiger partial charge in [-0.05, 0) is 24.8 Å². The Hall–Kier alpha value is -1.84. The molecule has 1 saturated carbocycles. The normalized spacial score (nSPS) is 22.6. The molecule has 2 N–H and O–H groups in total. The van der Waals surface area contributed by atoms with E-state index < -0.39 is 11.9 Å². The van der Waals surface area contributed by atoms with E-state index in [0.29, 0.717) is 6.42 Å². The van der Waals surface area contributed by atoms with Crippen molar-refractivity contribution in [2.45, 2.75) is 32.2 Å². The van der Waals surface area contributed by atoms with E-state index in [1.54, 1.807) is 0 Å². The van der Waals surface area contributed by atoms with Crippen LogP contribution < -0.4 is 5.32 Å². The predicted molar refractivity (Wildman–Crippen MR) is 71.6 cm³/mol. The molecule has 1 fully saturated rings. The number of carboxylic acid groups (broad SMARTS) is 1. The molecule has 0 aromatic heterocycles. The molecule has 1 aromatic carbocycles. The van der Waals surface area contributed by atoms with Crippen LogP contribution in [0.3, 0.4) is 0 Å². The first-order chi connectivity index (χ1) is 9.11. The van der Waals surface area contributed by atoms with Gasteiger partial charge in [0, 0.05) is 6.04 Å². The van der Waals surface area contributed by atoms with Crippen molar-refractivity contribution in [3.63, 3.8) is 0 Å². The quantitative estimate of drug-likeness (QED) is 0.821. The lowest BCUT2D eigenvalue weighted by atomic mass is 10.0. The van der Waals surface area contributed by atoms with Crippen molar-refractivity contribution in [3.05, 3.63) is 35.9 Å². The maximum absolute atomic E-state index is 11.9. The number of carbonyl (C=O) groups is 2. The number of amides is 1. The first-order valence-corrected chi connectivity index (χ1v) is 6.69. The third-order valence-corrected chi connectivity index (χ3v) is 3.61. The third-order valence-electron chi connectivity index (χ3n) is 3.61. The number of carbonyl (C=O) groups excluding carboxylic acids is 1. The van der Waals surface area contributed by atoms with Gasteiger partial charge in [0.1, 0.15) is 0 Å². The van der Waals surface area contributed by atoms with E-state index >= 15 is 0 Å². The second-order valence-corrected chi connectivity index (χ2v) is 5.09. The molecule has 0 spiro atoms. The van der Waals surface area contributed by atoms with Crippen LogP contribution in [0.25, 0.3) is 0 Å². The lowest BCUT2D eigenvalue weighted by Gasteiger charge is -2.17. The standard InChI is InChI=1S/C15H19NO3/c1-2-11(8-10-6-4-3-5-7-10)16-14(17)12-9-13(12)15(18)19/h3-7,11-13H,2,8-9H2,1H3,(H,16,17)(H,18,19). The third kappa shape index (κ3) is 3.56. The number of aliphatic carboxylic acids is 1. The van der Waals surface area contributed by atoms with E-state index in [4.69, 9.17) is 5.11 Å². The summed E-state index contributed by atoms with van der Waals surface area (Å²) in [5.74, 6) is -1.79. The molecule has 1 aromatic rings. The molecule has 3 unspecified atom stereocenters. The highest BCUT2D eigenvalue weighted by molar-refractivity contribution is 5.89. The number of benzene rings is 1. The van der Waals surface area contributed by atoms with Gasteiger partial charge >= 0.3 is 5.97 Å². The van der Waals surface area contributed by atoms with Crippen molar-refractivity contribution in [2.24, 2.45) is 11.8 Å². The van der Waals surface area contributed by atoms with Crippen LogP contribution >= 0.6 is 0 Å². The molecule has 1 amide bonds. The van der Waals surface area contributed by atoms with E-state index in [1.807, 2.05) is 37.3 Å². The highest BCUT2D eigenvalue weighted by Gasteiger charge is 2.48. The van der Waals surface area contributed by atoms with Gasteiger partial charge in [0.05, 0.1) is 11.8 Å². The molecule has 0 radical (unpaired) electrons. The lowest BCUT2D eigenvalue weighted by molar-refractivity contribution is -0.140. The Labute approximate surface area is 112 Å². The minimum atomic E-state index is -0.865. The Kier molecular flexibility index (Phi) is 4.20. The Morgan fingerprint density at radius 1 is 1.32 bits per heavy atom. The van der Waals surface area contributed by atoms with Crippen LogP contribution in [0, 0.1) is 11.8 Å². The second-order valence-electron chi connectivity index (χ2n) is 5.09. The van der Waals surface area contributed by atoms with Crippen LogP contribution in [0.2, 0.25) is 0 Å². The molecule has 4 heteroatoms. The van der Waals surface area contributed by atoms with Crippen molar-refractivity contribution in [1.29, 1.82) is 0 Å². The van der Waals surface area contributed by atoms with Crippen molar-refractivity contribution < 1.29 is 14.7 Å². The van der Waals surface area contributed by atoms with Gasteiger partial charge in [-0.3, -0.25) is 9.59 Å². The summed E-state index contributed by atoms with van der Waals surface area (Å²) in [6.07, 6.45) is 2.10. The summed E-state index contributed by atoms with van der Waals surface area (Å²) < 4.78 is 0. The Morgan fingerprint density at radius 3 is 2.53 bits per heavy atom. The van der Waals surface area contributed by atoms with Gasteiger partial charge in [0.15, 0.2) is 0 Å². The van der Waals surface area contributed by atoms with Gasteiger partial charge in [-0.1, -0.05) is 37.3 Å². The lowest BCUT2D eigenvalue weighted by Crippen LogP contribution is -2.37. The first kappa shape index (κ1) is 13.6. The number of hydrogen-bond acceptors (Lipinski definition) is 2. The zero-order valence-corrected chi connectivity index (χ0v) is 11.0. The Morgan fingerprint density at radius 2 is 2.00 bits per heavy atom.